The van der Waals surface area contributed by atoms with E-state index in [9.17, 15) is 0 Å². The van der Waals surface area contributed by atoms with Gasteiger partial charge in [0.25, 0.3) is 0 Å². The van der Waals surface area contributed by atoms with Crippen LogP contribution >= 0.6 is 34.9 Å². The largest absolute Gasteiger partial charge is 0.372 e. The Balaban J connectivity index is 1.64. The predicted molar refractivity (Wildman–Crippen MR) is 85.9 cm³/mol. The molecule has 0 spiro atoms. The molecule has 0 aliphatic carbocycles. The van der Waals surface area contributed by atoms with E-state index in [0.29, 0.717) is 0 Å². The molecule has 106 valence electrons. The second kappa shape index (κ2) is 6.93. The molecule has 1 aromatic carbocycles. The molecule has 1 atom stereocenters. The van der Waals surface area contributed by atoms with E-state index in [1.54, 1.807) is 34.9 Å². The summed E-state index contributed by atoms with van der Waals surface area (Å²) in [6.45, 7) is 2.95. The zero-order valence-electron chi connectivity index (χ0n) is 11.2. The summed E-state index contributed by atoms with van der Waals surface area (Å²) in [6.07, 6.45) is 1.20. The highest BCUT2D eigenvalue weighted by molar-refractivity contribution is 8.03. The van der Waals surface area contributed by atoms with Crippen LogP contribution in [0.1, 0.15) is 24.2 Å². The fourth-order valence-corrected chi connectivity index (χ4v) is 5.19. The smallest absolute Gasteiger partial charge is 0.175 e. The van der Waals surface area contributed by atoms with Crippen molar-refractivity contribution < 1.29 is 4.74 Å². The normalized spacial score (nSPS) is 17.9. The molecule has 0 fully saturated rings. The van der Waals surface area contributed by atoms with E-state index < -0.39 is 0 Å². The lowest BCUT2D eigenvalue weighted by molar-refractivity contribution is 0.0588. The van der Waals surface area contributed by atoms with E-state index >= 15 is 0 Å². The van der Waals surface area contributed by atoms with Crippen LogP contribution in [0.2, 0.25) is 0 Å². The van der Waals surface area contributed by atoms with E-state index in [1.165, 1.54) is 11.1 Å². The highest BCUT2D eigenvalue weighted by Gasteiger charge is 2.21. The minimum Gasteiger partial charge on any atom is -0.372 e. The molecule has 2 aromatic rings. The van der Waals surface area contributed by atoms with Crippen LogP contribution in [0.3, 0.4) is 0 Å². The number of rotatable bonds is 5. The average molecular weight is 324 g/mol. The first kappa shape index (κ1) is 14.4. The molecule has 0 amide bonds. The van der Waals surface area contributed by atoms with Gasteiger partial charge >= 0.3 is 0 Å². The van der Waals surface area contributed by atoms with Crippen molar-refractivity contribution in [2.75, 3.05) is 18.1 Å². The van der Waals surface area contributed by atoms with E-state index in [-0.39, 0.29) is 6.10 Å². The van der Waals surface area contributed by atoms with Crippen molar-refractivity contribution in [2.24, 2.45) is 0 Å². The summed E-state index contributed by atoms with van der Waals surface area (Å²) in [4.78, 5) is 0. The maximum absolute atomic E-state index is 5.91. The molecular weight excluding hydrogens is 308 g/mol. The van der Waals surface area contributed by atoms with Crippen LogP contribution in [0.4, 0.5) is 0 Å². The Bertz CT molecular complexity index is 573. The standard InChI is InChI=1S/C14H16N2OS3/c1-2-18-13-15-16-14(20-13)19-9-12-11-6-4-3-5-10(11)7-8-17-12/h3-6,12H,2,7-9H2,1H3. The van der Waals surface area contributed by atoms with Crippen LogP contribution in [-0.4, -0.2) is 28.3 Å². The van der Waals surface area contributed by atoms with Crippen LogP contribution in [0.5, 0.6) is 0 Å². The van der Waals surface area contributed by atoms with Crippen LogP contribution in [0.25, 0.3) is 0 Å². The second-order valence-corrected chi connectivity index (χ2v) is 8.14. The monoisotopic (exact) mass is 324 g/mol. The van der Waals surface area contributed by atoms with Gasteiger partial charge in [-0.1, -0.05) is 66.0 Å². The number of ether oxygens (including phenoxy) is 1. The van der Waals surface area contributed by atoms with Gasteiger partial charge in [-0.3, -0.25) is 0 Å². The minimum atomic E-state index is 0.177. The van der Waals surface area contributed by atoms with Crippen LogP contribution in [-0.2, 0) is 11.2 Å². The van der Waals surface area contributed by atoms with Gasteiger partial charge < -0.3 is 4.74 Å². The van der Waals surface area contributed by atoms with Crippen molar-refractivity contribution in [3.8, 4) is 0 Å². The fourth-order valence-electron chi connectivity index (χ4n) is 2.20. The highest BCUT2D eigenvalue weighted by Crippen LogP contribution is 2.34. The van der Waals surface area contributed by atoms with E-state index in [4.69, 9.17) is 4.74 Å². The summed E-state index contributed by atoms with van der Waals surface area (Å²) in [5, 5.41) is 8.41. The summed E-state index contributed by atoms with van der Waals surface area (Å²) in [6, 6.07) is 8.58. The first-order valence-corrected chi connectivity index (χ1v) is 9.44. The number of aromatic nitrogens is 2. The quantitative estimate of drug-likeness (QED) is 0.775. The summed E-state index contributed by atoms with van der Waals surface area (Å²) in [7, 11) is 0. The third-order valence-electron chi connectivity index (χ3n) is 3.11. The minimum absolute atomic E-state index is 0.177. The van der Waals surface area contributed by atoms with Gasteiger partial charge in [0, 0.05) is 5.75 Å². The Morgan fingerprint density at radius 3 is 2.90 bits per heavy atom. The first-order chi connectivity index (χ1) is 9.86. The molecular formula is C14H16N2OS3. The number of hydrogen-bond acceptors (Lipinski definition) is 6. The summed E-state index contributed by atoms with van der Waals surface area (Å²) < 4.78 is 8.00. The van der Waals surface area contributed by atoms with E-state index in [0.717, 1.165) is 33.2 Å². The van der Waals surface area contributed by atoms with Crippen molar-refractivity contribution in [2.45, 2.75) is 28.1 Å². The molecule has 1 unspecified atom stereocenters. The number of nitrogens with zero attached hydrogens (tertiary/aromatic N) is 2. The molecule has 0 saturated heterocycles. The zero-order valence-corrected chi connectivity index (χ0v) is 13.7. The second-order valence-electron chi connectivity index (χ2n) is 4.39. The zero-order chi connectivity index (χ0) is 13.8. The van der Waals surface area contributed by atoms with Gasteiger partial charge in [-0.2, -0.15) is 0 Å². The Morgan fingerprint density at radius 1 is 1.25 bits per heavy atom. The van der Waals surface area contributed by atoms with Gasteiger partial charge in [-0.25, -0.2) is 0 Å². The molecule has 0 radical (unpaired) electrons. The molecule has 2 heterocycles. The number of hydrogen-bond donors (Lipinski definition) is 0. The summed E-state index contributed by atoms with van der Waals surface area (Å²) in [5.41, 5.74) is 2.75. The maximum Gasteiger partial charge on any atom is 0.175 e. The van der Waals surface area contributed by atoms with Crippen molar-refractivity contribution in [3.05, 3.63) is 35.4 Å². The lowest BCUT2D eigenvalue weighted by Gasteiger charge is -2.25. The molecule has 1 aliphatic heterocycles. The summed E-state index contributed by atoms with van der Waals surface area (Å²) in [5.74, 6) is 1.95. The third-order valence-corrected chi connectivity index (χ3v) is 6.24. The highest BCUT2D eigenvalue weighted by atomic mass is 32.2. The molecule has 3 nitrogen and oxygen atoms in total. The lowest BCUT2D eigenvalue weighted by Crippen LogP contribution is -2.17. The van der Waals surface area contributed by atoms with Crippen molar-refractivity contribution >= 4 is 34.9 Å². The third kappa shape index (κ3) is 3.36. The fraction of sp³-hybridized carbons (Fsp3) is 0.429. The maximum atomic E-state index is 5.91. The molecule has 6 heteroatoms. The average Bonchev–Trinajstić information content (AvgIpc) is 2.93. The molecule has 3 rings (SSSR count). The molecule has 20 heavy (non-hydrogen) atoms. The van der Waals surface area contributed by atoms with Crippen LogP contribution < -0.4 is 0 Å². The topological polar surface area (TPSA) is 35.0 Å². The van der Waals surface area contributed by atoms with E-state index in [2.05, 4.69) is 41.4 Å². The van der Waals surface area contributed by atoms with Gasteiger partial charge in [-0.15, -0.1) is 10.2 Å². The number of benzene rings is 1. The van der Waals surface area contributed by atoms with Gasteiger partial charge in [0.15, 0.2) is 8.68 Å². The van der Waals surface area contributed by atoms with Crippen molar-refractivity contribution in [3.63, 3.8) is 0 Å². The molecule has 0 N–H and O–H groups in total. The predicted octanol–water partition coefficient (Wildman–Crippen LogP) is 4.06. The number of fused-ring (bicyclic) bond motifs is 1. The van der Waals surface area contributed by atoms with Crippen LogP contribution in [0.15, 0.2) is 32.9 Å². The Morgan fingerprint density at radius 2 is 2.05 bits per heavy atom. The van der Waals surface area contributed by atoms with Gasteiger partial charge in [-0.05, 0) is 23.3 Å². The summed E-state index contributed by atoms with van der Waals surface area (Å²) >= 11 is 5.17. The lowest BCUT2D eigenvalue weighted by atomic mass is 9.99. The Kier molecular flexibility index (Phi) is 4.99. The van der Waals surface area contributed by atoms with Crippen LogP contribution in [0, 0.1) is 0 Å². The first-order valence-electron chi connectivity index (χ1n) is 6.65. The van der Waals surface area contributed by atoms with Gasteiger partial charge in [0.05, 0.1) is 12.7 Å². The molecule has 0 saturated carbocycles. The van der Waals surface area contributed by atoms with Gasteiger partial charge in [0.1, 0.15) is 0 Å². The number of thioether (sulfide) groups is 2. The van der Waals surface area contributed by atoms with Crippen molar-refractivity contribution in [1.82, 2.24) is 10.2 Å². The van der Waals surface area contributed by atoms with Gasteiger partial charge in [0.2, 0.25) is 0 Å². The molecule has 1 aromatic heterocycles. The SMILES string of the molecule is CCSc1nnc(SCC2OCCc3ccccc32)s1. The van der Waals surface area contributed by atoms with Crippen molar-refractivity contribution in [1.29, 1.82) is 0 Å². The Labute approximate surface area is 131 Å². The Hall–Kier alpha value is -0.560. The van der Waals surface area contributed by atoms with E-state index in [1.807, 2.05) is 0 Å². The molecule has 1 aliphatic rings. The molecule has 0 bridgehead atoms.